The highest BCUT2D eigenvalue weighted by Crippen LogP contribution is 2.09. The van der Waals surface area contributed by atoms with E-state index in [-0.39, 0.29) is 0 Å². The zero-order valence-corrected chi connectivity index (χ0v) is 11.9. The van der Waals surface area contributed by atoms with Crippen molar-refractivity contribution in [1.29, 1.82) is 0 Å². The topological polar surface area (TPSA) is 42.2 Å². The van der Waals surface area contributed by atoms with E-state index in [0.29, 0.717) is 0 Å². The zero-order chi connectivity index (χ0) is 13.9. The monoisotopic (exact) mass is 286 g/mol. The Bertz CT molecular complexity index is 718. The first-order chi connectivity index (χ1) is 9.70. The Hall–Kier alpha value is -1.91. The molecule has 0 aliphatic heterocycles. The lowest BCUT2D eigenvalue weighted by atomic mass is 10.2. The van der Waals surface area contributed by atoms with Gasteiger partial charge in [-0.15, -0.1) is 0 Å². The number of hydrogen-bond acceptors (Lipinski definition) is 3. The molecule has 0 aliphatic carbocycles. The van der Waals surface area contributed by atoms with Crippen LogP contribution >= 0.6 is 11.6 Å². The molecule has 0 amide bonds. The molecule has 0 radical (unpaired) electrons. The number of hydrogen-bond donors (Lipinski definition) is 1. The number of nitrogens with zero attached hydrogens (tertiary/aromatic N) is 3. The summed E-state index contributed by atoms with van der Waals surface area (Å²) in [4.78, 5) is 4.38. The third kappa shape index (κ3) is 2.98. The van der Waals surface area contributed by atoms with Crippen LogP contribution in [-0.4, -0.2) is 14.6 Å². The van der Waals surface area contributed by atoms with E-state index in [2.05, 4.69) is 15.4 Å². The van der Waals surface area contributed by atoms with Crippen LogP contribution in [0.25, 0.3) is 5.65 Å². The first kappa shape index (κ1) is 13.1. The zero-order valence-electron chi connectivity index (χ0n) is 11.2. The summed E-state index contributed by atoms with van der Waals surface area (Å²) in [5.74, 6) is 0. The second kappa shape index (κ2) is 5.61. The Kier molecular flexibility index (Phi) is 3.67. The van der Waals surface area contributed by atoms with Gasteiger partial charge in [0.25, 0.3) is 0 Å². The summed E-state index contributed by atoms with van der Waals surface area (Å²) >= 11 is 5.86. The van der Waals surface area contributed by atoms with Crippen LogP contribution in [0.4, 0.5) is 0 Å². The summed E-state index contributed by atoms with van der Waals surface area (Å²) in [5.41, 5.74) is 4.17. The van der Waals surface area contributed by atoms with Crippen molar-refractivity contribution in [3.05, 3.63) is 64.6 Å². The minimum absolute atomic E-state index is 0.754. The van der Waals surface area contributed by atoms with E-state index >= 15 is 0 Å². The number of fused-ring (bicyclic) bond motifs is 1. The quantitative estimate of drug-likeness (QED) is 0.802. The second-order valence-corrected chi connectivity index (χ2v) is 5.22. The molecule has 0 aliphatic rings. The SMILES string of the molecule is Cc1cc2ncc(CNCc3ccc(Cl)cc3)cn2n1. The summed E-state index contributed by atoms with van der Waals surface area (Å²) in [7, 11) is 0. The van der Waals surface area contributed by atoms with Crippen molar-refractivity contribution in [2.24, 2.45) is 0 Å². The average Bonchev–Trinajstić information content (AvgIpc) is 2.80. The Morgan fingerprint density at radius 2 is 1.90 bits per heavy atom. The van der Waals surface area contributed by atoms with Gasteiger partial charge in [0.05, 0.1) is 5.69 Å². The Balaban J connectivity index is 1.63. The van der Waals surface area contributed by atoms with E-state index in [9.17, 15) is 0 Å². The Labute approximate surface area is 122 Å². The van der Waals surface area contributed by atoms with E-state index in [0.717, 1.165) is 35.0 Å². The molecule has 0 unspecified atom stereocenters. The highest BCUT2D eigenvalue weighted by atomic mass is 35.5. The Morgan fingerprint density at radius 1 is 1.15 bits per heavy atom. The largest absolute Gasteiger partial charge is 0.309 e. The first-order valence-corrected chi connectivity index (χ1v) is 6.84. The average molecular weight is 287 g/mol. The van der Waals surface area contributed by atoms with Crippen LogP contribution < -0.4 is 5.32 Å². The van der Waals surface area contributed by atoms with Crippen LogP contribution in [0.1, 0.15) is 16.8 Å². The maximum absolute atomic E-state index is 5.86. The van der Waals surface area contributed by atoms with E-state index in [1.807, 2.05) is 54.2 Å². The standard InChI is InChI=1S/C15H15ClN4/c1-11-6-15-18-9-13(10-20(15)19-11)8-17-7-12-2-4-14(16)5-3-12/h2-6,9-10,17H,7-8H2,1H3. The van der Waals surface area contributed by atoms with E-state index in [1.54, 1.807) is 0 Å². The normalized spacial score (nSPS) is 11.1. The lowest BCUT2D eigenvalue weighted by Crippen LogP contribution is -2.13. The van der Waals surface area contributed by atoms with E-state index in [4.69, 9.17) is 11.6 Å². The molecule has 102 valence electrons. The summed E-state index contributed by atoms with van der Waals surface area (Å²) in [6.45, 7) is 3.52. The molecule has 5 heteroatoms. The van der Waals surface area contributed by atoms with Gasteiger partial charge in [0.2, 0.25) is 0 Å². The first-order valence-electron chi connectivity index (χ1n) is 6.47. The van der Waals surface area contributed by atoms with Gasteiger partial charge in [0.1, 0.15) is 0 Å². The van der Waals surface area contributed by atoms with Gasteiger partial charge >= 0.3 is 0 Å². The van der Waals surface area contributed by atoms with Gasteiger partial charge in [-0.2, -0.15) is 5.10 Å². The van der Waals surface area contributed by atoms with Crippen LogP contribution in [0, 0.1) is 6.92 Å². The molecule has 3 rings (SSSR count). The molecule has 1 N–H and O–H groups in total. The van der Waals surface area contributed by atoms with E-state index < -0.39 is 0 Å². The number of nitrogens with one attached hydrogen (secondary N) is 1. The molecule has 0 spiro atoms. The molecule has 1 aromatic carbocycles. The van der Waals surface area contributed by atoms with Crippen LogP contribution in [0.15, 0.2) is 42.7 Å². The predicted octanol–water partition coefficient (Wildman–Crippen LogP) is 2.98. The number of aryl methyl sites for hydroxylation is 1. The molecular formula is C15H15ClN4. The Morgan fingerprint density at radius 3 is 2.70 bits per heavy atom. The van der Waals surface area contributed by atoms with Crippen molar-refractivity contribution in [1.82, 2.24) is 19.9 Å². The lowest BCUT2D eigenvalue weighted by molar-refractivity contribution is 0.685. The fourth-order valence-electron chi connectivity index (χ4n) is 2.08. The van der Waals surface area contributed by atoms with Crippen molar-refractivity contribution in [2.45, 2.75) is 20.0 Å². The van der Waals surface area contributed by atoms with E-state index in [1.165, 1.54) is 5.56 Å². The van der Waals surface area contributed by atoms with Crippen LogP contribution in [0.5, 0.6) is 0 Å². The van der Waals surface area contributed by atoms with Crippen molar-refractivity contribution >= 4 is 17.2 Å². The molecular weight excluding hydrogens is 272 g/mol. The summed E-state index contributed by atoms with van der Waals surface area (Å²) in [6.07, 6.45) is 3.88. The molecule has 2 aromatic heterocycles. The lowest BCUT2D eigenvalue weighted by Gasteiger charge is -2.05. The highest BCUT2D eigenvalue weighted by molar-refractivity contribution is 6.30. The molecule has 0 atom stereocenters. The predicted molar refractivity (Wildman–Crippen MR) is 79.7 cm³/mol. The second-order valence-electron chi connectivity index (χ2n) is 4.78. The number of rotatable bonds is 4. The van der Waals surface area contributed by atoms with Crippen molar-refractivity contribution in [2.75, 3.05) is 0 Å². The van der Waals surface area contributed by atoms with Crippen LogP contribution in [-0.2, 0) is 13.1 Å². The van der Waals surface area contributed by atoms with Crippen molar-refractivity contribution < 1.29 is 0 Å². The maximum atomic E-state index is 5.86. The molecule has 0 fully saturated rings. The summed E-state index contributed by atoms with van der Waals surface area (Å²) in [6, 6.07) is 9.81. The third-order valence-electron chi connectivity index (χ3n) is 3.06. The maximum Gasteiger partial charge on any atom is 0.155 e. The van der Waals surface area contributed by atoms with Crippen LogP contribution in [0.3, 0.4) is 0 Å². The minimum Gasteiger partial charge on any atom is -0.309 e. The number of aromatic nitrogens is 3. The van der Waals surface area contributed by atoms with Gasteiger partial charge in [-0.05, 0) is 24.6 Å². The number of halogens is 1. The molecule has 2 heterocycles. The van der Waals surface area contributed by atoms with Gasteiger partial charge in [-0.1, -0.05) is 23.7 Å². The highest BCUT2D eigenvalue weighted by Gasteiger charge is 2.01. The van der Waals surface area contributed by atoms with Gasteiger partial charge < -0.3 is 5.32 Å². The van der Waals surface area contributed by atoms with Gasteiger partial charge in [-0.25, -0.2) is 9.50 Å². The van der Waals surface area contributed by atoms with Gasteiger partial charge in [0.15, 0.2) is 5.65 Å². The number of benzene rings is 1. The molecule has 0 bridgehead atoms. The van der Waals surface area contributed by atoms with Crippen molar-refractivity contribution in [3.63, 3.8) is 0 Å². The smallest absolute Gasteiger partial charge is 0.155 e. The van der Waals surface area contributed by atoms with Crippen LogP contribution in [0.2, 0.25) is 5.02 Å². The van der Waals surface area contributed by atoms with Gasteiger partial charge in [-0.3, -0.25) is 0 Å². The summed E-state index contributed by atoms with van der Waals surface area (Å²) < 4.78 is 1.81. The molecule has 4 nitrogen and oxygen atoms in total. The fourth-order valence-corrected chi connectivity index (χ4v) is 2.20. The molecule has 20 heavy (non-hydrogen) atoms. The van der Waals surface area contributed by atoms with Crippen molar-refractivity contribution in [3.8, 4) is 0 Å². The van der Waals surface area contributed by atoms with Gasteiger partial charge in [0, 0.05) is 42.1 Å². The molecule has 0 saturated heterocycles. The third-order valence-corrected chi connectivity index (χ3v) is 3.31. The fraction of sp³-hybridized carbons (Fsp3) is 0.200. The molecule has 0 saturated carbocycles. The summed E-state index contributed by atoms with van der Waals surface area (Å²) in [5, 5.41) is 8.51. The minimum atomic E-state index is 0.754. The molecule has 3 aromatic rings.